The van der Waals surface area contributed by atoms with E-state index >= 15 is 0 Å². The van der Waals surface area contributed by atoms with Gasteiger partial charge in [-0.15, -0.1) is 0 Å². The molecule has 0 aromatic carbocycles. The molecule has 19 heavy (non-hydrogen) atoms. The SMILES string of the molecule is CCCCOC(=O)C1CCC(C(=O)C(C)(C)C)CC1. The van der Waals surface area contributed by atoms with Crippen LogP contribution >= 0.6 is 0 Å². The molecule has 0 N–H and O–H groups in total. The molecule has 0 aromatic rings. The van der Waals surface area contributed by atoms with Crippen LogP contribution in [0.5, 0.6) is 0 Å². The third-order valence-electron chi connectivity index (χ3n) is 3.91. The Bertz CT molecular complexity index is 306. The molecule has 3 heteroatoms. The van der Waals surface area contributed by atoms with Crippen LogP contribution in [0.3, 0.4) is 0 Å². The zero-order valence-electron chi connectivity index (χ0n) is 12.8. The van der Waals surface area contributed by atoms with Crippen LogP contribution in [0.25, 0.3) is 0 Å². The summed E-state index contributed by atoms with van der Waals surface area (Å²) in [6.45, 7) is 8.54. The number of unbranched alkanes of at least 4 members (excludes halogenated alkanes) is 1. The summed E-state index contributed by atoms with van der Waals surface area (Å²) in [6.07, 6.45) is 5.26. The molecule has 0 saturated heterocycles. The first-order valence-electron chi connectivity index (χ1n) is 7.57. The number of esters is 1. The molecule has 3 nitrogen and oxygen atoms in total. The molecular formula is C16H28O3. The van der Waals surface area contributed by atoms with Crippen molar-refractivity contribution >= 4 is 11.8 Å². The highest BCUT2D eigenvalue weighted by Gasteiger charge is 2.34. The zero-order chi connectivity index (χ0) is 14.5. The van der Waals surface area contributed by atoms with Crippen LogP contribution in [-0.2, 0) is 14.3 Å². The van der Waals surface area contributed by atoms with E-state index in [4.69, 9.17) is 4.74 Å². The number of hydrogen-bond donors (Lipinski definition) is 0. The van der Waals surface area contributed by atoms with E-state index < -0.39 is 0 Å². The number of Topliss-reactive ketones (excluding diaryl/α,β-unsaturated/α-hetero) is 1. The largest absolute Gasteiger partial charge is 0.465 e. The fraction of sp³-hybridized carbons (Fsp3) is 0.875. The van der Waals surface area contributed by atoms with Gasteiger partial charge in [-0.05, 0) is 32.1 Å². The molecule has 0 radical (unpaired) electrons. The van der Waals surface area contributed by atoms with Gasteiger partial charge in [-0.25, -0.2) is 0 Å². The third kappa shape index (κ3) is 4.96. The Labute approximate surface area is 117 Å². The second kappa shape index (κ2) is 7.06. The van der Waals surface area contributed by atoms with Gasteiger partial charge in [-0.1, -0.05) is 34.1 Å². The molecule has 0 aromatic heterocycles. The van der Waals surface area contributed by atoms with Gasteiger partial charge in [-0.3, -0.25) is 9.59 Å². The van der Waals surface area contributed by atoms with Gasteiger partial charge in [0.25, 0.3) is 0 Å². The smallest absolute Gasteiger partial charge is 0.308 e. The van der Waals surface area contributed by atoms with Crippen molar-refractivity contribution in [3.8, 4) is 0 Å². The number of hydrogen-bond acceptors (Lipinski definition) is 3. The van der Waals surface area contributed by atoms with Crippen molar-refractivity contribution in [1.29, 1.82) is 0 Å². The van der Waals surface area contributed by atoms with Crippen LogP contribution in [0.15, 0.2) is 0 Å². The summed E-state index contributed by atoms with van der Waals surface area (Å²) < 4.78 is 5.26. The lowest BCUT2D eigenvalue weighted by molar-refractivity contribution is -0.151. The van der Waals surface area contributed by atoms with Crippen molar-refractivity contribution in [2.45, 2.75) is 66.2 Å². The van der Waals surface area contributed by atoms with E-state index in [9.17, 15) is 9.59 Å². The number of ether oxygens (including phenoxy) is 1. The summed E-state index contributed by atoms with van der Waals surface area (Å²) in [5.41, 5.74) is -0.265. The first-order valence-corrected chi connectivity index (χ1v) is 7.57. The van der Waals surface area contributed by atoms with Crippen molar-refractivity contribution < 1.29 is 14.3 Å². The summed E-state index contributed by atoms with van der Waals surface area (Å²) in [5, 5.41) is 0. The van der Waals surface area contributed by atoms with Crippen LogP contribution < -0.4 is 0 Å². The first-order chi connectivity index (χ1) is 8.86. The van der Waals surface area contributed by atoms with E-state index in [1.165, 1.54) is 0 Å². The van der Waals surface area contributed by atoms with E-state index in [0.29, 0.717) is 12.4 Å². The maximum Gasteiger partial charge on any atom is 0.308 e. The van der Waals surface area contributed by atoms with Gasteiger partial charge in [0.15, 0.2) is 0 Å². The second-order valence-electron chi connectivity index (χ2n) is 6.68. The predicted octanol–water partition coefficient (Wildman–Crippen LogP) is 3.75. The number of rotatable bonds is 5. The number of carbonyl (C=O) groups excluding carboxylic acids is 2. The third-order valence-corrected chi connectivity index (χ3v) is 3.91. The van der Waals surface area contributed by atoms with Crippen LogP contribution in [0, 0.1) is 17.3 Å². The standard InChI is InChI=1S/C16H28O3/c1-5-6-11-19-15(18)13-9-7-12(8-10-13)14(17)16(2,3)4/h12-13H,5-11H2,1-4H3. The Morgan fingerprint density at radius 2 is 1.58 bits per heavy atom. The first kappa shape index (κ1) is 16.2. The van der Waals surface area contributed by atoms with Crippen molar-refractivity contribution in [3.63, 3.8) is 0 Å². The van der Waals surface area contributed by atoms with Gasteiger partial charge in [0.1, 0.15) is 5.78 Å². The summed E-state index contributed by atoms with van der Waals surface area (Å²) >= 11 is 0. The average Bonchev–Trinajstić information content (AvgIpc) is 2.37. The molecule has 1 rings (SSSR count). The lowest BCUT2D eigenvalue weighted by atomic mass is 9.73. The lowest BCUT2D eigenvalue weighted by Gasteiger charge is -2.30. The van der Waals surface area contributed by atoms with E-state index in [0.717, 1.165) is 38.5 Å². The average molecular weight is 268 g/mol. The van der Waals surface area contributed by atoms with Crippen molar-refractivity contribution in [3.05, 3.63) is 0 Å². The summed E-state index contributed by atoms with van der Waals surface area (Å²) in [7, 11) is 0. The van der Waals surface area contributed by atoms with Crippen molar-refractivity contribution in [2.24, 2.45) is 17.3 Å². The minimum atomic E-state index is -0.265. The van der Waals surface area contributed by atoms with Crippen LogP contribution in [-0.4, -0.2) is 18.4 Å². The topological polar surface area (TPSA) is 43.4 Å². The van der Waals surface area contributed by atoms with Crippen LogP contribution in [0.1, 0.15) is 66.2 Å². The fourth-order valence-electron chi connectivity index (χ4n) is 2.64. The molecule has 0 spiro atoms. The highest BCUT2D eigenvalue weighted by atomic mass is 16.5. The summed E-state index contributed by atoms with van der Waals surface area (Å²) in [4.78, 5) is 24.0. The van der Waals surface area contributed by atoms with E-state index in [2.05, 4.69) is 6.92 Å². The highest BCUT2D eigenvalue weighted by molar-refractivity contribution is 5.86. The predicted molar refractivity (Wildman–Crippen MR) is 75.8 cm³/mol. The molecule has 0 bridgehead atoms. The minimum Gasteiger partial charge on any atom is -0.465 e. The maximum atomic E-state index is 12.2. The molecular weight excluding hydrogens is 240 g/mol. The Hall–Kier alpha value is -0.860. The Morgan fingerprint density at radius 3 is 2.05 bits per heavy atom. The van der Waals surface area contributed by atoms with Gasteiger partial charge in [0, 0.05) is 11.3 Å². The van der Waals surface area contributed by atoms with Gasteiger partial charge in [0.2, 0.25) is 0 Å². The lowest BCUT2D eigenvalue weighted by Crippen LogP contribution is -2.33. The molecule has 0 amide bonds. The Kier molecular flexibility index (Phi) is 6.02. The molecule has 0 heterocycles. The van der Waals surface area contributed by atoms with Gasteiger partial charge >= 0.3 is 5.97 Å². The minimum absolute atomic E-state index is 0.0147. The van der Waals surface area contributed by atoms with E-state index in [1.54, 1.807) is 0 Å². The van der Waals surface area contributed by atoms with E-state index in [1.807, 2.05) is 20.8 Å². The van der Waals surface area contributed by atoms with Gasteiger partial charge < -0.3 is 4.74 Å². The van der Waals surface area contributed by atoms with Crippen molar-refractivity contribution in [1.82, 2.24) is 0 Å². The Balaban J connectivity index is 2.36. The van der Waals surface area contributed by atoms with Gasteiger partial charge in [0.05, 0.1) is 12.5 Å². The summed E-state index contributed by atoms with van der Waals surface area (Å²) in [6, 6.07) is 0. The fourth-order valence-corrected chi connectivity index (χ4v) is 2.64. The molecule has 1 aliphatic rings. The number of carbonyl (C=O) groups is 2. The molecule has 1 saturated carbocycles. The molecule has 110 valence electrons. The van der Waals surface area contributed by atoms with Gasteiger partial charge in [-0.2, -0.15) is 0 Å². The maximum absolute atomic E-state index is 12.2. The van der Waals surface area contributed by atoms with Crippen molar-refractivity contribution in [2.75, 3.05) is 6.61 Å². The quantitative estimate of drug-likeness (QED) is 0.563. The second-order valence-corrected chi connectivity index (χ2v) is 6.68. The summed E-state index contributed by atoms with van der Waals surface area (Å²) in [5.74, 6) is 0.431. The van der Waals surface area contributed by atoms with E-state index in [-0.39, 0.29) is 23.2 Å². The number of ketones is 1. The Morgan fingerprint density at radius 1 is 1.05 bits per heavy atom. The normalized spacial score (nSPS) is 24.0. The highest BCUT2D eigenvalue weighted by Crippen LogP contribution is 2.34. The molecule has 1 fully saturated rings. The zero-order valence-corrected chi connectivity index (χ0v) is 12.8. The molecule has 1 aliphatic carbocycles. The molecule has 0 aliphatic heterocycles. The molecule has 0 unspecified atom stereocenters. The van der Waals surface area contributed by atoms with Crippen LogP contribution in [0.2, 0.25) is 0 Å². The monoisotopic (exact) mass is 268 g/mol. The van der Waals surface area contributed by atoms with Crippen LogP contribution in [0.4, 0.5) is 0 Å². The molecule has 0 atom stereocenters.